The van der Waals surface area contributed by atoms with Crippen molar-refractivity contribution in [2.24, 2.45) is 0 Å². The van der Waals surface area contributed by atoms with Crippen molar-refractivity contribution < 1.29 is 0 Å². The van der Waals surface area contributed by atoms with Gasteiger partial charge in [0, 0.05) is 6.42 Å². The Morgan fingerprint density at radius 2 is 1.80 bits per heavy atom. The summed E-state index contributed by atoms with van der Waals surface area (Å²) in [6, 6.07) is 0. The maximum absolute atomic E-state index is 4.93. The molecule has 1 saturated heterocycles. The fourth-order valence-electron chi connectivity index (χ4n) is 0.287. The summed E-state index contributed by atoms with van der Waals surface area (Å²) in [5.41, 5.74) is 0. The first kappa shape index (κ1) is 3.70. The van der Waals surface area contributed by atoms with Crippen LogP contribution in [0.15, 0.2) is 0 Å². The second-order valence-corrected chi connectivity index (χ2v) is 4.69. The molecule has 1 fully saturated rings. The summed E-state index contributed by atoms with van der Waals surface area (Å²) < 4.78 is 0. The molecular formula is C3H6PS+. The standard InChI is InChI=1S/C3H6PS/c5-4-2-1-3-4/h1-3H2/q+1. The maximum Gasteiger partial charge on any atom is 0.175 e. The van der Waals surface area contributed by atoms with Gasteiger partial charge in [0.05, 0.1) is 0 Å². The Kier molecular flexibility index (Phi) is 0.975. The summed E-state index contributed by atoms with van der Waals surface area (Å²) in [7, 11) is 0. The summed E-state index contributed by atoms with van der Waals surface area (Å²) in [5.74, 6) is 0. The molecule has 0 spiro atoms. The molecule has 0 radical (unpaired) electrons. The number of hydrogen-bond donors (Lipinski definition) is 0. The van der Waals surface area contributed by atoms with Crippen molar-refractivity contribution >= 4 is 18.5 Å². The molecule has 0 bridgehead atoms. The van der Waals surface area contributed by atoms with E-state index in [9.17, 15) is 0 Å². The van der Waals surface area contributed by atoms with E-state index >= 15 is 0 Å². The Labute approximate surface area is 38.0 Å². The summed E-state index contributed by atoms with van der Waals surface area (Å²) in [4.78, 5) is 0. The van der Waals surface area contributed by atoms with Gasteiger partial charge in [-0.3, -0.25) is 0 Å². The Balaban J connectivity index is 2.32. The first-order valence-corrected chi connectivity index (χ1v) is 4.54. The maximum atomic E-state index is 4.93. The minimum atomic E-state index is 0.166. The largest absolute Gasteiger partial charge is 0.175 e. The van der Waals surface area contributed by atoms with Gasteiger partial charge >= 0.3 is 0 Å². The number of hydrogen-bond acceptors (Lipinski definition) is 1. The predicted molar refractivity (Wildman–Crippen MR) is 28.6 cm³/mol. The van der Waals surface area contributed by atoms with E-state index in [2.05, 4.69) is 0 Å². The Hall–Kier alpha value is 0.520. The second-order valence-electron chi connectivity index (χ2n) is 1.28. The highest BCUT2D eigenvalue weighted by molar-refractivity contribution is 8.05. The molecule has 0 aromatic carbocycles. The van der Waals surface area contributed by atoms with Crippen LogP contribution < -0.4 is 0 Å². The van der Waals surface area contributed by atoms with Gasteiger partial charge in [0.15, 0.2) is 18.5 Å². The monoisotopic (exact) mass is 105 g/mol. The molecule has 1 aliphatic rings. The second kappa shape index (κ2) is 1.32. The Bertz CT molecular complexity index is 53.9. The normalized spacial score (nSPS) is 22.0. The molecule has 0 atom stereocenters. The van der Waals surface area contributed by atoms with Gasteiger partial charge in [-0.05, 0) is 0 Å². The van der Waals surface area contributed by atoms with Crippen LogP contribution in [0.1, 0.15) is 6.42 Å². The van der Waals surface area contributed by atoms with Crippen molar-refractivity contribution in [2.75, 3.05) is 12.3 Å². The molecular weight excluding hydrogens is 99.1 g/mol. The molecule has 0 amide bonds. The van der Waals surface area contributed by atoms with Gasteiger partial charge in [-0.25, -0.2) is 0 Å². The van der Waals surface area contributed by atoms with Crippen LogP contribution in [-0.2, 0) is 11.8 Å². The third kappa shape index (κ3) is 0.675. The lowest BCUT2D eigenvalue weighted by Crippen LogP contribution is -1.94. The van der Waals surface area contributed by atoms with Gasteiger partial charge in [-0.2, -0.15) is 0 Å². The van der Waals surface area contributed by atoms with Gasteiger partial charge in [-0.15, -0.1) is 0 Å². The molecule has 0 aliphatic carbocycles. The van der Waals surface area contributed by atoms with Gasteiger partial charge < -0.3 is 0 Å². The first-order valence-electron chi connectivity index (χ1n) is 1.82. The first-order chi connectivity index (χ1) is 2.39. The Morgan fingerprint density at radius 1 is 1.40 bits per heavy atom. The molecule has 1 heterocycles. The van der Waals surface area contributed by atoms with Crippen molar-refractivity contribution in [3.63, 3.8) is 0 Å². The molecule has 0 nitrogen and oxygen atoms in total. The van der Waals surface area contributed by atoms with E-state index in [1.807, 2.05) is 0 Å². The SMILES string of the molecule is S=[P+]1CCC1. The zero-order chi connectivity index (χ0) is 3.70. The molecule has 0 aromatic rings. The molecule has 0 unspecified atom stereocenters. The van der Waals surface area contributed by atoms with Crippen LogP contribution in [0.4, 0.5) is 0 Å². The van der Waals surface area contributed by atoms with E-state index < -0.39 is 0 Å². The summed E-state index contributed by atoms with van der Waals surface area (Å²) in [5, 5.41) is 0. The molecule has 5 heavy (non-hydrogen) atoms. The van der Waals surface area contributed by atoms with E-state index in [0.29, 0.717) is 0 Å². The fourth-order valence-corrected chi connectivity index (χ4v) is 1.64. The average Bonchev–Trinajstić information content (AvgIpc) is 1.30. The van der Waals surface area contributed by atoms with Crippen LogP contribution in [0.25, 0.3) is 0 Å². The lowest BCUT2D eigenvalue weighted by Gasteiger charge is -1.95. The quantitative estimate of drug-likeness (QED) is 0.419. The van der Waals surface area contributed by atoms with Gasteiger partial charge in [0.1, 0.15) is 12.3 Å². The summed E-state index contributed by atoms with van der Waals surface area (Å²) in [6.45, 7) is 0.166. The zero-order valence-corrected chi connectivity index (χ0v) is 4.69. The molecule has 1 rings (SSSR count). The smallest absolute Gasteiger partial charge is 0.0305 e. The van der Waals surface area contributed by atoms with Crippen molar-refractivity contribution in [3.05, 3.63) is 0 Å². The Morgan fingerprint density at radius 3 is 1.80 bits per heavy atom. The lowest BCUT2D eigenvalue weighted by molar-refractivity contribution is 1.04. The third-order valence-corrected chi connectivity index (χ3v) is 3.54. The highest BCUT2D eigenvalue weighted by Gasteiger charge is 2.19. The van der Waals surface area contributed by atoms with E-state index in [4.69, 9.17) is 11.8 Å². The van der Waals surface area contributed by atoms with E-state index in [1.165, 1.54) is 18.7 Å². The minimum absolute atomic E-state index is 0.166. The number of rotatable bonds is 0. The van der Waals surface area contributed by atoms with Crippen LogP contribution in [0.2, 0.25) is 0 Å². The lowest BCUT2D eigenvalue weighted by atomic mass is 10.5. The summed E-state index contributed by atoms with van der Waals surface area (Å²) in [6.07, 6.45) is 4.14. The van der Waals surface area contributed by atoms with Crippen LogP contribution in [-0.4, -0.2) is 12.3 Å². The van der Waals surface area contributed by atoms with Crippen LogP contribution in [0.5, 0.6) is 0 Å². The van der Waals surface area contributed by atoms with Crippen molar-refractivity contribution in [1.29, 1.82) is 0 Å². The third-order valence-electron chi connectivity index (χ3n) is 0.815. The van der Waals surface area contributed by atoms with Gasteiger partial charge in [0.25, 0.3) is 0 Å². The van der Waals surface area contributed by atoms with Crippen LogP contribution in [0, 0.1) is 0 Å². The molecule has 0 aromatic heterocycles. The highest BCUT2D eigenvalue weighted by atomic mass is 32.4. The van der Waals surface area contributed by atoms with Crippen LogP contribution in [0.3, 0.4) is 0 Å². The van der Waals surface area contributed by atoms with E-state index in [-0.39, 0.29) is 6.70 Å². The summed E-state index contributed by atoms with van der Waals surface area (Å²) >= 11 is 4.93. The van der Waals surface area contributed by atoms with Gasteiger partial charge in [0.2, 0.25) is 0 Å². The molecule has 2 heteroatoms. The highest BCUT2D eigenvalue weighted by Crippen LogP contribution is 2.32. The van der Waals surface area contributed by atoms with Crippen molar-refractivity contribution in [2.45, 2.75) is 6.42 Å². The molecule has 0 N–H and O–H groups in total. The molecule has 0 saturated carbocycles. The van der Waals surface area contributed by atoms with E-state index in [0.717, 1.165) is 0 Å². The molecule has 28 valence electrons. The zero-order valence-electron chi connectivity index (χ0n) is 2.98. The predicted octanol–water partition coefficient (Wildman–Crippen LogP) is 1.33. The van der Waals surface area contributed by atoms with Crippen molar-refractivity contribution in [3.8, 4) is 0 Å². The van der Waals surface area contributed by atoms with Crippen LogP contribution >= 0.6 is 6.70 Å². The average molecular weight is 105 g/mol. The fraction of sp³-hybridized carbons (Fsp3) is 1.00. The van der Waals surface area contributed by atoms with Crippen molar-refractivity contribution in [1.82, 2.24) is 0 Å². The van der Waals surface area contributed by atoms with E-state index in [1.54, 1.807) is 0 Å². The minimum Gasteiger partial charge on any atom is 0.0305 e. The molecule has 1 aliphatic heterocycles. The van der Waals surface area contributed by atoms with Gasteiger partial charge in [-0.1, -0.05) is 0 Å². The topological polar surface area (TPSA) is 0 Å².